The molecule has 25 heavy (non-hydrogen) atoms. The van der Waals surface area contributed by atoms with Gasteiger partial charge < -0.3 is 0 Å². The van der Waals surface area contributed by atoms with Gasteiger partial charge in [-0.05, 0) is 29.1 Å². The lowest BCUT2D eigenvalue weighted by molar-refractivity contribution is 0.397. The minimum absolute atomic E-state index is 0.199. The second kappa shape index (κ2) is 7.47. The fourth-order valence-electron chi connectivity index (χ4n) is 2.62. The highest BCUT2D eigenvalue weighted by molar-refractivity contribution is 7.85. The van der Waals surface area contributed by atoms with Gasteiger partial charge in [-0.1, -0.05) is 61.5 Å². The molecule has 0 saturated carbocycles. The third-order valence-electron chi connectivity index (χ3n) is 4.03. The largest absolute Gasteiger partial charge is 0.273 e. The summed E-state index contributed by atoms with van der Waals surface area (Å²) in [5, 5.41) is 0. The highest BCUT2D eigenvalue weighted by atomic mass is 32.2. The number of hydrogen-bond acceptors (Lipinski definition) is 5. The lowest BCUT2D eigenvalue weighted by Gasteiger charge is -2.07. The van der Waals surface area contributed by atoms with Gasteiger partial charge in [-0.2, -0.15) is 12.8 Å². The van der Waals surface area contributed by atoms with Gasteiger partial charge in [-0.3, -0.25) is 4.18 Å². The SMILES string of the molecule is CCc1ccc(-c2nsc(-c3ccccc3)c2CS(=O)(=O)OC)cc1. The van der Waals surface area contributed by atoms with E-state index in [1.54, 1.807) is 0 Å². The Kier molecular flexibility index (Phi) is 5.32. The number of rotatable bonds is 6. The second-order valence-electron chi connectivity index (χ2n) is 5.62. The fourth-order valence-corrected chi connectivity index (χ4v) is 4.38. The number of nitrogens with zero attached hydrogens (tertiary/aromatic N) is 1. The first kappa shape index (κ1) is 17.8. The van der Waals surface area contributed by atoms with E-state index in [4.69, 9.17) is 0 Å². The maximum atomic E-state index is 12.1. The molecule has 130 valence electrons. The molecule has 0 aliphatic heterocycles. The van der Waals surface area contributed by atoms with E-state index in [1.165, 1.54) is 24.2 Å². The molecule has 0 amide bonds. The molecule has 2 aromatic carbocycles. The van der Waals surface area contributed by atoms with Crippen LogP contribution in [0.25, 0.3) is 21.7 Å². The Morgan fingerprint density at radius 3 is 2.28 bits per heavy atom. The van der Waals surface area contributed by atoms with E-state index < -0.39 is 10.1 Å². The smallest absolute Gasteiger partial charge is 0.271 e. The predicted molar refractivity (Wildman–Crippen MR) is 102 cm³/mol. The van der Waals surface area contributed by atoms with Crippen LogP contribution in [0.4, 0.5) is 0 Å². The van der Waals surface area contributed by atoms with Crippen molar-refractivity contribution in [2.45, 2.75) is 19.1 Å². The summed E-state index contributed by atoms with van der Waals surface area (Å²) in [7, 11) is -2.46. The van der Waals surface area contributed by atoms with Gasteiger partial charge in [-0.15, -0.1) is 0 Å². The van der Waals surface area contributed by atoms with Crippen molar-refractivity contribution in [1.29, 1.82) is 0 Å². The van der Waals surface area contributed by atoms with Crippen LogP contribution < -0.4 is 0 Å². The first-order chi connectivity index (χ1) is 12.0. The van der Waals surface area contributed by atoms with Crippen molar-refractivity contribution in [2.75, 3.05) is 7.11 Å². The van der Waals surface area contributed by atoms with E-state index in [0.29, 0.717) is 11.3 Å². The van der Waals surface area contributed by atoms with E-state index in [0.717, 1.165) is 22.4 Å². The molecule has 0 fully saturated rings. The van der Waals surface area contributed by atoms with E-state index in [-0.39, 0.29) is 5.75 Å². The third-order valence-corrected chi connectivity index (χ3v) is 6.12. The molecule has 1 aromatic heterocycles. The molecular formula is C19H19NO3S2. The summed E-state index contributed by atoms with van der Waals surface area (Å²) in [5.74, 6) is -0.199. The Balaban J connectivity index is 2.13. The van der Waals surface area contributed by atoms with Crippen molar-refractivity contribution < 1.29 is 12.6 Å². The summed E-state index contributed by atoms with van der Waals surface area (Å²) < 4.78 is 33.4. The van der Waals surface area contributed by atoms with Crippen LogP contribution in [0.15, 0.2) is 54.6 Å². The zero-order valence-electron chi connectivity index (χ0n) is 14.1. The summed E-state index contributed by atoms with van der Waals surface area (Å²) >= 11 is 1.32. The first-order valence-electron chi connectivity index (χ1n) is 7.95. The lowest BCUT2D eigenvalue weighted by Crippen LogP contribution is -2.07. The minimum atomic E-state index is -3.65. The molecule has 0 aliphatic carbocycles. The zero-order valence-corrected chi connectivity index (χ0v) is 15.7. The Labute approximate surface area is 152 Å². The standard InChI is InChI=1S/C19H19NO3S2/c1-3-14-9-11-15(12-10-14)18-17(13-25(21,22)23-2)19(24-20-18)16-7-5-4-6-8-16/h4-12H,3,13H2,1-2H3. The summed E-state index contributed by atoms with van der Waals surface area (Å²) in [6.07, 6.45) is 0.956. The van der Waals surface area contributed by atoms with Gasteiger partial charge in [0.15, 0.2) is 0 Å². The number of aryl methyl sites for hydroxylation is 1. The average molecular weight is 373 g/mol. The first-order valence-corrected chi connectivity index (χ1v) is 10.3. The topological polar surface area (TPSA) is 56.3 Å². The maximum absolute atomic E-state index is 12.1. The van der Waals surface area contributed by atoms with Gasteiger partial charge in [0, 0.05) is 11.1 Å². The van der Waals surface area contributed by atoms with Crippen LogP contribution in [0.5, 0.6) is 0 Å². The number of benzene rings is 2. The minimum Gasteiger partial charge on any atom is -0.273 e. The molecule has 3 rings (SSSR count). The van der Waals surface area contributed by atoms with Gasteiger partial charge in [0.05, 0.1) is 17.7 Å². The van der Waals surface area contributed by atoms with Crippen LogP contribution in [0.1, 0.15) is 18.1 Å². The molecule has 0 aliphatic rings. The summed E-state index contributed by atoms with van der Waals surface area (Å²) in [4.78, 5) is 0.857. The maximum Gasteiger partial charge on any atom is 0.271 e. The number of aromatic nitrogens is 1. The van der Waals surface area contributed by atoms with Crippen LogP contribution in [0.3, 0.4) is 0 Å². The second-order valence-corrected chi connectivity index (χ2v) is 8.13. The van der Waals surface area contributed by atoms with Crippen LogP contribution in [0.2, 0.25) is 0 Å². The zero-order chi connectivity index (χ0) is 17.9. The van der Waals surface area contributed by atoms with Crippen LogP contribution >= 0.6 is 11.5 Å². The van der Waals surface area contributed by atoms with Crippen molar-refractivity contribution in [3.05, 3.63) is 65.7 Å². The molecule has 4 nitrogen and oxygen atoms in total. The lowest BCUT2D eigenvalue weighted by atomic mass is 10.0. The molecule has 0 spiro atoms. The average Bonchev–Trinajstić information content (AvgIpc) is 3.05. The van der Waals surface area contributed by atoms with Crippen molar-refractivity contribution in [1.82, 2.24) is 4.37 Å². The monoisotopic (exact) mass is 373 g/mol. The van der Waals surface area contributed by atoms with Crippen LogP contribution in [-0.2, 0) is 26.5 Å². The van der Waals surface area contributed by atoms with E-state index in [1.807, 2.05) is 54.6 Å². The molecular weight excluding hydrogens is 354 g/mol. The molecule has 1 heterocycles. The Morgan fingerprint density at radius 1 is 1.00 bits per heavy atom. The van der Waals surface area contributed by atoms with Crippen molar-refractivity contribution in [3.63, 3.8) is 0 Å². The molecule has 0 unspecified atom stereocenters. The molecule has 0 radical (unpaired) electrons. The van der Waals surface area contributed by atoms with Crippen molar-refractivity contribution in [2.24, 2.45) is 0 Å². The van der Waals surface area contributed by atoms with E-state index in [9.17, 15) is 8.42 Å². The Morgan fingerprint density at radius 2 is 1.68 bits per heavy atom. The van der Waals surface area contributed by atoms with Crippen LogP contribution in [-0.4, -0.2) is 19.9 Å². The summed E-state index contributed by atoms with van der Waals surface area (Å²) in [5.41, 5.74) is 4.48. The Bertz CT molecular complexity index is 946. The number of hydrogen-bond donors (Lipinski definition) is 0. The molecule has 3 aromatic rings. The summed E-state index contributed by atoms with van der Waals surface area (Å²) in [6, 6.07) is 17.8. The highest BCUT2D eigenvalue weighted by Gasteiger charge is 2.22. The van der Waals surface area contributed by atoms with Gasteiger partial charge in [0.25, 0.3) is 10.1 Å². The van der Waals surface area contributed by atoms with Gasteiger partial charge in [-0.25, -0.2) is 0 Å². The molecule has 0 atom stereocenters. The highest BCUT2D eigenvalue weighted by Crippen LogP contribution is 2.37. The molecule has 6 heteroatoms. The molecule has 0 N–H and O–H groups in total. The molecule has 0 saturated heterocycles. The molecule has 0 bridgehead atoms. The third kappa shape index (κ3) is 3.98. The van der Waals surface area contributed by atoms with E-state index in [2.05, 4.69) is 15.5 Å². The fraction of sp³-hybridized carbons (Fsp3) is 0.211. The van der Waals surface area contributed by atoms with E-state index >= 15 is 0 Å². The van der Waals surface area contributed by atoms with Crippen LogP contribution in [0, 0.1) is 0 Å². The predicted octanol–water partition coefficient (Wildman–Crippen LogP) is 4.52. The Hall–Kier alpha value is -2.02. The van der Waals surface area contributed by atoms with Crippen molar-refractivity contribution in [3.8, 4) is 21.7 Å². The van der Waals surface area contributed by atoms with Crippen molar-refractivity contribution >= 4 is 21.7 Å². The summed E-state index contributed by atoms with van der Waals surface area (Å²) in [6.45, 7) is 2.10. The van der Waals surface area contributed by atoms with Gasteiger partial charge in [0.2, 0.25) is 0 Å². The normalized spacial score (nSPS) is 11.6. The van der Waals surface area contributed by atoms with Gasteiger partial charge in [0.1, 0.15) is 5.75 Å². The van der Waals surface area contributed by atoms with Gasteiger partial charge >= 0.3 is 0 Å². The quantitative estimate of drug-likeness (QED) is 0.596.